The summed E-state index contributed by atoms with van der Waals surface area (Å²) < 4.78 is 5.39. The Morgan fingerprint density at radius 3 is 2.46 bits per heavy atom. The summed E-state index contributed by atoms with van der Waals surface area (Å²) in [5, 5.41) is 0.793. The first kappa shape index (κ1) is 17.4. The molecule has 2 aliphatic rings. The van der Waals surface area contributed by atoms with Gasteiger partial charge in [0.25, 0.3) is 5.91 Å². The molecule has 2 aliphatic heterocycles. The van der Waals surface area contributed by atoms with Gasteiger partial charge in [-0.2, -0.15) is 0 Å². The maximum atomic E-state index is 12.9. The number of hydrogen-bond acceptors (Lipinski definition) is 3. The molecule has 0 N–H and O–H groups in total. The van der Waals surface area contributed by atoms with Crippen LogP contribution in [-0.4, -0.2) is 50.2 Å². The Kier molecular flexibility index (Phi) is 5.14. The van der Waals surface area contributed by atoms with Crippen molar-refractivity contribution in [3.8, 4) is 0 Å². The number of likely N-dealkylation sites (tertiary alicyclic amines) is 1. The normalized spacial score (nSPS) is 20.4. The highest BCUT2D eigenvalue weighted by molar-refractivity contribution is 6.31. The molecular weight excluding hydrogens is 348 g/mol. The fourth-order valence-electron chi connectivity index (χ4n) is 3.82. The average molecular weight is 371 g/mol. The summed E-state index contributed by atoms with van der Waals surface area (Å²) in [4.78, 5) is 17.1. The van der Waals surface area contributed by atoms with Crippen molar-refractivity contribution < 1.29 is 9.53 Å². The Morgan fingerprint density at radius 2 is 1.73 bits per heavy atom. The standard InChI is InChI=1S/C21H23ClN2O2/c22-20-4-2-1-3-19(20)17-9-10-24(15-17)21(25)16-5-7-18(8-6-16)23-11-13-26-14-12-23/h1-8,17H,9-15H2/t17-/m0/s1. The van der Waals surface area contributed by atoms with Crippen LogP contribution in [0.15, 0.2) is 48.5 Å². The first-order valence-electron chi connectivity index (χ1n) is 9.19. The molecule has 2 aromatic carbocycles. The van der Waals surface area contributed by atoms with Crippen molar-refractivity contribution in [2.75, 3.05) is 44.3 Å². The highest BCUT2D eigenvalue weighted by atomic mass is 35.5. The molecule has 4 nitrogen and oxygen atoms in total. The van der Waals surface area contributed by atoms with Gasteiger partial charge >= 0.3 is 0 Å². The van der Waals surface area contributed by atoms with E-state index in [-0.39, 0.29) is 5.91 Å². The van der Waals surface area contributed by atoms with Gasteiger partial charge in [-0.05, 0) is 42.3 Å². The first-order valence-corrected chi connectivity index (χ1v) is 9.56. The van der Waals surface area contributed by atoms with Crippen LogP contribution in [0.2, 0.25) is 5.02 Å². The van der Waals surface area contributed by atoms with Crippen molar-refractivity contribution >= 4 is 23.2 Å². The van der Waals surface area contributed by atoms with Gasteiger partial charge in [-0.3, -0.25) is 4.79 Å². The lowest BCUT2D eigenvalue weighted by atomic mass is 9.98. The van der Waals surface area contributed by atoms with Gasteiger partial charge in [-0.15, -0.1) is 0 Å². The van der Waals surface area contributed by atoms with Crippen LogP contribution >= 0.6 is 11.6 Å². The first-order chi connectivity index (χ1) is 12.7. The fraction of sp³-hybridized carbons (Fsp3) is 0.381. The van der Waals surface area contributed by atoms with Gasteiger partial charge in [0.1, 0.15) is 0 Å². The second kappa shape index (κ2) is 7.68. The predicted molar refractivity (Wildman–Crippen MR) is 104 cm³/mol. The quantitative estimate of drug-likeness (QED) is 0.823. The smallest absolute Gasteiger partial charge is 0.253 e. The van der Waals surface area contributed by atoms with Crippen molar-refractivity contribution in [3.05, 3.63) is 64.7 Å². The van der Waals surface area contributed by atoms with Gasteiger partial charge in [-0.25, -0.2) is 0 Å². The summed E-state index contributed by atoms with van der Waals surface area (Å²) in [6.07, 6.45) is 0.960. The van der Waals surface area contributed by atoms with E-state index in [1.54, 1.807) is 0 Å². The van der Waals surface area contributed by atoms with Crippen LogP contribution in [-0.2, 0) is 4.74 Å². The summed E-state index contributed by atoms with van der Waals surface area (Å²) in [6.45, 7) is 4.83. The summed E-state index contributed by atoms with van der Waals surface area (Å²) in [6, 6.07) is 15.9. The van der Waals surface area contributed by atoms with E-state index in [2.05, 4.69) is 11.0 Å². The minimum Gasteiger partial charge on any atom is -0.378 e. The zero-order valence-corrected chi connectivity index (χ0v) is 15.5. The molecular formula is C21H23ClN2O2. The van der Waals surface area contributed by atoms with Gasteiger partial charge in [0.15, 0.2) is 0 Å². The number of anilines is 1. The number of benzene rings is 2. The molecule has 0 radical (unpaired) electrons. The maximum absolute atomic E-state index is 12.9. The second-order valence-electron chi connectivity index (χ2n) is 6.90. The number of amides is 1. The number of carbonyl (C=O) groups excluding carboxylic acids is 1. The van der Waals surface area contributed by atoms with Crippen molar-refractivity contribution in [3.63, 3.8) is 0 Å². The number of nitrogens with zero attached hydrogens (tertiary/aromatic N) is 2. The highest BCUT2D eigenvalue weighted by Gasteiger charge is 2.29. The van der Waals surface area contributed by atoms with Crippen molar-refractivity contribution in [2.45, 2.75) is 12.3 Å². The zero-order valence-electron chi connectivity index (χ0n) is 14.7. The minimum absolute atomic E-state index is 0.105. The SMILES string of the molecule is O=C(c1ccc(N2CCOCC2)cc1)N1CC[C@H](c2ccccc2Cl)C1. The molecule has 1 atom stereocenters. The minimum atomic E-state index is 0.105. The van der Waals surface area contributed by atoms with Crippen LogP contribution < -0.4 is 4.90 Å². The number of hydrogen-bond donors (Lipinski definition) is 0. The largest absolute Gasteiger partial charge is 0.378 e. The molecule has 4 rings (SSSR count). The van der Waals surface area contributed by atoms with E-state index in [9.17, 15) is 4.79 Å². The maximum Gasteiger partial charge on any atom is 0.253 e. The van der Waals surface area contributed by atoms with Gasteiger partial charge in [0.05, 0.1) is 13.2 Å². The van der Waals surface area contributed by atoms with E-state index in [0.717, 1.165) is 67.7 Å². The van der Waals surface area contributed by atoms with E-state index < -0.39 is 0 Å². The van der Waals surface area contributed by atoms with Crippen LogP contribution in [0.1, 0.15) is 28.3 Å². The van der Waals surface area contributed by atoms with E-state index in [4.69, 9.17) is 16.3 Å². The van der Waals surface area contributed by atoms with E-state index in [1.165, 1.54) is 0 Å². The lowest BCUT2D eigenvalue weighted by Crippen LogP contribution is -2.36. The van der Waals surface area contributed by atoms with Crippen molar-refractivity contribution in [1.82, 2.24) is 4.90 Å². The van der Waals surface area contributed by atoms with Crippen molar-refractivity contribution in [1.29, 1.82) is 0 Å². The molecule has 2 saturated heterocycles. The lowest BCUT2D eigenvalue weighted by Gasteiger charge is -2.29. The third kappa shape index (κ3) is 3.57. The number of morpholine rings is 1. The fourth-order valence-corrected chi connectivity index (χ4v) is 4.11. The van der Waals surface area contributed by atoms with Gasteiger partial charge in [0, 0.05) is 48.4 Å². The molecule has 1 amide bonds. The summed E-state index contributed by atoms with van der Waals surface area (Å²) >= 11 is 6.32. The summed E-state index contributed by atoms with van der Waals surface area (Å²) in [5.74, 6) is 0.424. The van der Waals surface area contributed by atoms with Crippen LogP contribution in [0.25, 0.3) is 0 Å². The van der Waals surface area contributed by atoms with Crippen LogP contribution in [0.4, 0.5) is 5.69 Å². The molecule has 0 spiro atoms. The van der Waals surface area contributed by atoms with Gasteiger partial charge in [-0.1, -0.05) is 29.8 Å². The molecule has 2 aromatic rings. The Morgan fingerprint density at radius 1 is 1.00 bits per heavy atom. The highest BCUT2D eigenvalue weighted by Crippen LogP contribution is 2.32. The average Bonchev–Trinajstić information content (AvgIpc) is 3.18. The van der Waals surface area contributed by atoms with E-state index in [0.29, 0.717) is 5.92 Å². The molecule has 0 saturated carbocycles. The predicted octanol–water partition coefficient (Wildman–Crippen LogP) is 3.81. The van der Waals surface area contributed by atoms with Crippen LogP contribution in [0, 0.1) is 0 Å². The molecule has 2 fully saturated rings. The molecule has 5 heteroatoms. The van der Waals surface area contributed by atoms with Gasteiger partial charge in [0.2, 0.25) is 0 Å². The molecule has 0 unspecified atom stereocenters. The third-order valence-electron chi connectivity index (χ3n) is 5.31. The molecule has 0 aromatic heterocycles. The van der Waals surface area contributed by atoms with E-state index in [1.807, 2.05) is 47.4 Å². The molecule has 136 valence electrons. The number of rotatable bonds is 3. The van der Waals surface area contributed by atoms with Crippen LogP contribution in [0.3, 0.4) is 0 Å². The molecule has 2 heterocycles. The zero-order chi connectivity index (χ0) is 17.9. The number of carbonyl (C=O) groups is 1. The Bertz CT molecular complexity index is 772. The number of halogens is 1. The monoisotopic (exact) mass is 370 g/mol. The second-order valence-corrected chi connectivity index (χ2v) is 7.31. The molecule has 0 bridgehead atoms. The van der Waals surface area contributed by atoms with Crippen LogP contribution in [0.5, 0.6) is 0 Å². The van der Waals surface area contributed by atoms with E-state index >= 15 is 0 Å². The molecule has 26 heavy (non-hydrogen) atoms. The number of ether oxygens (including phenoxy) is 1. The topological polar surface area (TPSA) is 32.8 Å². The lowest BCUT2D eigenvalue weighted by molar-refractivity contribution is 0.0790. The Labute approximate surface area is 159 Å². The summed E-state index contributed by atoms with van der Waals surface area (Å²) in [5.41, 5.74) is 3.05. The van der Waals surface area contributed by atoms with Crippen molar-refractivity contribution in [2.24, 2.45) is 0 Å². The third-order valence-corrected chi connectivity index (χ3v) is 5.66. The summed E-state index contributed by atoms with van der Waals surface area (Å²) in [7, 11) is 0. The Hall–Kier alpha value is -2.04. The Balaban J connectivity index is 1.42. The van der Waals surface area contributed by atoms with Gasteiger partial charge < -0.3 is 14.5 Å². The molecule has 0 aliphatic carbocycles.